The van der Waals surface area contributed by atoms with E-state index in [1.807, 2.05) is 11.9 Å². The molecule has 0 unspecified atom stereocenters. The van der Waals surface area contributed by atoms with Gasteiger partial charge in [-0.15, -0.1) is 0 Å². The summed E-state index contributed by atoms with van der Waals surface area (Å²) in [6.07, 6.45) is 0.609. The van der Waals surface area contributed by atoms with E-state index in [-0.39, 0.29) is 23.9 Å². The SMILES string of the molecule is CN1CC(=O)N(c2cccc(F)c2)C[C@@]12CCN(C(=O)c1ccc(F)c(F)c1)C2. The monoisotopic (exact) mass is 403 g/mol. The molecule has 1 spiro atoms. The van der Waals surface area contributed by atoms with Gasteiger partial charge in [-0.2, -0.15) is 0 Å². The summed E-state index contributed by atoms with van der Waals surface area (Å²) < 4.78 is 40.4. The standard InChI is InChI=1S/C21H20F3N3O2/c1-25-11-19(28)27(16-4-2-3-15(22)10-16)13-21(25)7-8-26(12-21)20(29)14-5-6-17(23)18(24)9-14/h2-6,9-10H,7-8,11-13H2,1H3/t21-/m0/s1. The quantitative estimate of drug-likeness (QED) is 0.775. The third-order valence-corrected chi connectivity index (χ3v) is 5.84. The van der Waals surface area contributed by atoms with Crippen molar-refractivity contribution in [3.63, 3.8) is 0 Å². The van der Waals surface area contributed by atoms with Crippen molar-refractivity contribution in [1.82, 2.24) is 9.80 Å². The molecule has 5 nitrogen and oxygen atoms in total. The van der Waals surface area contributed by atoms with Crippen molar-refractivity contribution in [2.24, 2.45) is 0 Å². The van der Waals surface area contributed by atoms with Gasteiger partial charge in [-0.1, -0.05) is 6.07 Å². The molecular formula is C21H20F3N3O2. The Bertz CT molecular complexity index is 983. The first-order valence-corrected chi connectivity index (χ1v) is 9.31. The maximum Gasteiger partial charge on any atom is 0.254 e. The lowest BCUT2D eigenvalue weighted by Crippen LogP contribution is -2.64. The molecule has 0 bridgehead atoms. The van der Waals surface area contributed by atoms with Gasteiger partial charge in [0.25, 0.3) is 5.91 Å². The minimum Gasteiger partial charge on any atom is -0.337 e. The van der Waals surface area contributed by atoms with Gasteiger partial charge in [0.15, 0.2) is 11.6 Å². The van der Waals surface area contributed by atoms with Gasteiger partial charge in [-0.25, -0.2) is 13.2 Å². The molecule has 2 aliphatic heterocycles. The van der Waals surface area contributed by atoms with Crippen LogP contribution in [0.2, 0.25) is 0 Å². The molecule has 0 aromatic heterocycles. The number of likely N-dealkylation sites (tertiary alicyclic amines) is 1. The molecular weight excluding hydrogens is 383 g/mol. The van der Waals surface area contributed by atoms with E-state index in [9.17, 15) is 22.8 Å². The highest BCUT2D eigenvalue weighted by molar-refractivity contribution is 5.97. The number of halogens is 3. The zero-order valence-corrected chi connectivity index (χ0v) is 15.9. The molecule has 2 saturated heterocycles. The van der Waals surface area contributed by atoms with Crippen LogP contribution >= 0.6 is 0 Å². The number of amides is 2. The summed E-state index contributed by atoms with van der Waals surface area (Å²) in [4.78, 5) is 30.4. The van der Waals surface area contributed by atoms with Crippen LogP contribution in [0.4, 0.5) is 18.9 Å². The topological polar surface area (TPSA) is 43.9 Å². The zero-order chi connectivity index (χ0) is 20.8. The average Bonchev–Trinajstić information content (AvgIpc) is 3.12. The molecule has 2 heterocycles. The van der Waals surface area contributed by atoms with E-state index in [1.165, 1.54) is 18.2 Å². The Morgan fingerprint density at radius 1 is 1.03 bits per heavy atom. The first-order valence-electron chi connectivity index (χ1n) is 9.31. The van der Waals surface area contributed by atoms with Crippen LogP contribution in [0, 0.1) is 17.5 Å². The molecule has 29 heavy (non-hydrogen) atoms. The first kappa shape index (κ1) is 19.4. The summed E-state index contributed by atoms with van der Waals surface area (Å²) in [6.45, 7) is 1.21. The van der Waals surface area contributed by atoms with E-state index < -0.39 is 23.0 Å². The average molecular weight is 403 g/mol. The second-order valence-electron chi connectivity index (χ2n) is 7.65. The molecule has 152 valence electrons. The Kier molecular flexibility index (Phi) is 4.82. The van der Waals surface area contributed by atoms with Crippen LogP contribution in [0.1, 0.15) is 16.8 Å². The van der Waals surface area contributed by atoms with Gasteiger partial charge in [0.05, 0.1) is 12.1 Å². The Morgan fingerprint density at radius 3 is 2.55 bits per heavy atom. The molecule has 0 aliphatic carbocycles. The number of hydrogen-bond donors (Lipinski definition) is 0. The second kappa shape index (κ2) is 7.18. The number of anilines is 1. The van der Waals surface area contributed by atoms with Crippen LogP contribution in [0.5, 0.6) is 0 Å². The summed E-state index contributed by atoms with van der Waals surface area (Å²) >= 11 is 0. The first-order chi connectivity index (χ1) is 13.8. The maximum atomic E-state index is 13.7. The number of benzene rings is 2. The lowest BCUT2D eigenvalue weighted by molar-refractivity contribution is -0.123. The highest BCUT2D eigenvalue weighted by Gasteiger charge is 2.48. The third-order valence-electron chi connectivity index (χ3n) is 5.84. The fourth-order valence-corrected chi connectivity index (χ4v) is 4.12. The van der Waals surface area contributed by atoms with Gasteiger partial charge in [0.1, 0.15) is 5.82 Å². The number of piperazine rings is 1. The highest BCUT2D eigenvalue weighted by atomic mass is 19.2. The van der Waals surface area contributed by atoms with Crippen LogP contribution in [0.3, 0.4) is 0 Å². The Hall–Kier alpha value is -2.87. The molecule has 2 aromatic carbocycles. The summed E-state index contributed by atoms with van der Waals surface area (Å²) in [5.74, 6) is -3.03. The van der Waals surface area contributed by atoms with Crippen molar-refractivity contribution in [2.45, 2.75) is 12.0 Å². The zero-order valence-electron chi connectivity index (χ0n) is 15.9. The Morgan fingerprint density at radius 2 is 1.83 bits per heavy atom. The van der Waals surface area contributed by atoms with Gasteiger partial charge in [-0.05, 0) is 49.9 Å². The minimum atomic E-state index is -1.07. The van der Waals surface area contributed by atoms with E-state index in [2.05, 4.69) is 0 Å². The summed E-state index contributed by atoms with van der Waals surface area (Å²) in [7, 11) is 1.83. The number of nitrogens with zero attached hydrogens (tertiary/aromatic N) is 3. The van der Waals surface area contributed by atoms with Crippen molar-refractivity contribution in [2.75, 3.05) is 38.1 Å². The van der Waals surface area contributed by atoms with Crippen LogP contribution in [-0.2, 0) is 4.79 Å². The van der Waals surface area contributed by atoms with Crippen molar-refractivity contribution in [3.05, 3.63) is 65.5 Å². The van der Waals surface area contributed by atoms with Gasteiger partial charge in [0.2, 0.25) is 5.91 Å². The largest absolute Gasteiger partial charge is 0.337 e. The molecule has 1 atom stereocenters. The number of carbonyl (C=O) groups is 2. The highest BCUT2D eigenvalue weighted by Crippen LogP contribution is 2.34. The maximum absolute atomic E-state index is 13.7. The normalized spacial score (nSPS) is 22.6. The molecule has 0 saturated carbocycles. The molecule has 0 radical (unpaired) electrons. The van der Waals surface area contributed by atoms with E-state index in [0.29, 0.717) is 31.7 Å². The van der Waals surface area contributed by atoms with Gasteiger partial charge < -0.3 is 9.80 Å². The second-order valence-corrected chi connectivity index (χ2v) is 7.65. The van der Waals surface area contributed by atoms with Gasteiger partial charge in [-0.3, -0.25) is 14.5 Å². The fourth-order valence-electron chi connectivity index (χ4n) is 4.12. The lowest BCUT2D eigenvalue weighted by atomic mass is 9.92. The van der Waals surface area contributed by atoms with Gasteiger partial charge >= 0.3 is 0 Å². The predicted octanol–water partition coefficient (Wildman–Crippen LogP) is 2.67. The number of likely N-dealkylation sites (N-methyl/N-ethyl adjacent to an activating group) is 1. The molecule has 2 aromatic rings. The lowest BCUT2D eigenvalue weighted by Gasteiger charge is -2.46. The predicted molar refractivity (Wildman–Crippen MR) is 101 cm³/mol. The van der Waals surface area contributed by atoms with Gasteiger partial charge in [0, 0.05) is 30.9 Å². The Balaban J connectivity index is 1.56. The van der Waals surface area contributed by atoms with E-state index in [4.69, 9.17) is 0 Å². The number of rotatable bonds is 2. The van der Waals surface area contributed by atoms with Crippen molar-refractivity contribution in [3.8, 4) is 0 Å². The Labute approximate surface area is 166 Å². The summed E-state index contributed by atoms with van der Waals surface area (Å²) in [6, 6.07) is 8.96. The number of carbonyl (C=O) groups excluding carboxylic acids is 2. The number of hydrogen-bond acceptors (Lipinski definition) is 3. The summed E-state index contributed by atoms with van der Waals surface area (Å²) in [5, 5.41) is 0. The fraction of sp³-hybridized carbons (Fsp3) is 0.333. The minimum absolute atomic E-state index is 0.0810. The van der Waals surface area contributed by atoms with Crippen molar-refractivity contribution < 1.29 is 22.8 Å². The van der Waals surface area contributed by atoms with Crippen LogP contribution in [-0.4, -0.2) is 60.4 Å². The molecule has 8 heteroatoms. The smallest absolute Gasteiger partial charge is 0.254 e. The van der Waals surface area contributed by atoms with Crippen LogP contribution in [0.15, 0.2) is 42.5 Å². The molecule has 2 aliphatic rings. The van der Waals surface area contributed by atoms with Crippen LogP contribution in [0.25, 0.3) is 0 Å². The third kappa shape index (κ3) is 3.48. The molecule has 0 N–H and O–H groups in total. The van der Waals surface area contributed by atoms with Crippen molar-refractivity contribution in [1.29, 1.82) is 0 Å². The van der Waals surface area contributed by atoms with Crippen molar-refractivity contribution >= 4 is 17.5 Å². The molecule has 2 amide bonds. The van der Waals surface area contributed by atoms with Crippen LogP contribution < -0.4 is 4.90 Å². The molecule has 4 rings (SSSR count). The van der Waals surface area contributed by atoms with E-state index in [1.54, 1.807) is 21.9 Å². The molecule has 2 fully saturated rings. The summed E-state index contributed by atoms with van der Waals surface area (Å²) in [5.41, 5.74) is 0.0689. The van der Waals surface area contributed by atoms with E-state index >= 15 is 0 Å². The van der Waals surface area contributed by atoms with E-state index in [0.717, 1.165) is 12.1 Å².